The molecule has 1 rings (SSSR count). The molecule has 1 aromatic carbocycles. The van der Waals surface area contributed by atoms with Gasteiger partial charge in [0.25, 0.3) is 0 Å². The summed E-state index contributed by atoms with van der Waals surface area (Å²) in [5.41, 5.74) is 0. The molecule has 1 atom stereocenters. The maximum absolute atomic E-state index is 11.7. The van der Waals surface area contributed by atoms with E-state index in [1.54, 1.807) is 24.3 Å². The molecule has 0 spiro atoms. The minimum Gasteiger partial charge on any atom is -0.480 e. The van der Waals surface area contributed by atoms with Crippen LogP contribution in [0.1, 0.15) is 19.8 Å². The maximum atomic E-state index is 11.7. The maximum Gasteiger partial charge on any atom is 0.326 e. The summed E-state index contributed by atoms with van der Waals surface area (Å²) < 4.78 is 0. The molecule has 0 fully saturated rings. The van der Waals surface area contributed by atoms with Crippen molar-refractivity contribution in [2.75, 3.05) is 5.75 Å². The zero-order valence-electron chi connectivity index (χ0n) is 11.7. The molecule has 1 amide bonds. The molecule has 21 heavy (non-hydrogen) atoms. The van der Waals surface area contributed by atoms with E-state index in [1.165, 1.54) is 11.8 Å². The molecular formula is C15H18ClNO3S. The van der Waals surface area contributed by atoms with Crippen molar-refractivity contribution in [3.05, 3.63) is 41.4 Å². The number of hydrogen-bond donors (Lipinski definition) is 2. The third kappa shape index (κ3) is 7.20. The zero-order chi connectivity index (χ0) is 15.7. The van der Waals surface area contributed by atoms with Crippen LogP contribution in [0, 0.1) is 0 Å². The third-order valence-electron chi connectivity index (χ3n) is 2.65. The van der Waals surface area contributed by atoms with Crippen molar-refractivity contribution in [3.8, 4) is 0 Å². The van der Waals surface area contributed by atoms with Gasteiger partial charge in [-0.1, -0.05) is 23.8 Å². The first-order valence-electron chi connectivity index (χ1n) is 6.54. The van der Waals surface area contributed by atoms with E-state index >= 15 is 0 Å². The summed E-state index contributed by atoms with van der Waals surface area (Å²) in [6.07, 6.45) is 4.05. The molecule has 1 unspecified atom stereocenters. The summed E-state index contributed by atoms with van der Waals surface area (Å²) in [6.45, 7) is 1.81. The average Bonchev–Trinajstić information content (AvgIpc) is 2.45. The second-order valence-electron chi connectivity index (χ2n) is 4.32. The Morgan fingerprint density at radius 1 is 1.38 bits per heavy atom. The molecule has 4 nitrogen and oxygen atoms in total. The van der Waals surface area contributed by atoms with E-state index in [2.05, 4.69) is 5.32 Å². The first kappa shape index (κ1) is 17.6. The van der Waals surface area contributed by atoms with Crippen LogP contribution in [0.15, 0.2) is 41.3 Å². The highest BCUT2D eigenvalue weighted by molar-refractivity contribution is 7.99. The number of thioether (sulfide) groups is 1. The number of carbonyl (C=O) groups excluding carboxylic acids is 1. The summed E-state index contributed by atoms with van der Waals surface area (Å²) in [4.78, 5) is 23.8. The summed E-state index contributed by atoms with van der Waals surface area (Å²) >= 11 is 7.32. The van der Waals surface area contributed by atoms with E-state index in [4.69, 9.17) is 16.7 Å². The average molecular weight is 328 g/mol. The van der Waals surface area contributed by atoms with Crippen LogP contribution in [0.4, 0.5) is 0 Å². The van der Waals surface area contributed by atoms with Gasteiger partial charge < -0.3 is 10.4 Å². The van der Waals surface area contributed by atoms with Crippen molar-refractivity contribution in [1.29, 1.82) is 0 Å². The second kappa shape index (κ2) is 9.47. The lowest BCUT2D eigenvalue weighted by atomic mass is 10.2. The number of rotatable bonds is 8. The van der Waals surface area contributed by atoms with E-state index < -0.39 is 12.0 Å². The number of halogens is 1. The second-order valence-corrected chi connectivity index (χ2v) is 5.92. The molecule has 0 saturated carbocycles. The molecule has 0 aromatic heterocycles. The summed E-state index contributed by atoms with van der Waals surface area (Å²) in [6, 6.07) is 6.49. The van der Waals surface area contributed by atoms with Gasteiger partial charge in [-0.15, -0.1) is 11.8 Å². The van der Waals surface area contributed by atoms with Crippen LogP contribution in [0.5, 0.6) is 0 Å². The summed E-state index contributed by atoms with van der Waals surface area (Å²) in [5.74, 6) is -0.691. The lowest BCUT2D eigenvalue weighted by molar-refractivity contribution is -0.141. The van der Waals surface area contributed by atoms with Gasteiger partial charge in [0.1, 0.15) is 6.04 Å². The van der Waals surface area contributed by atoms with Crippen molar-refractivity contribution >= 4 is 35.2 Å². The number of allylic oxidation sites excluding steroid dienone is 1. The third-order valence-corrected chi connectivity index (χ3v) is 3.92. The van der Waals surface area contributed by atoms with E-state index in [1.807, 2.05) is 19.1 Å². The minimum atomic E-state index is -1.02. The smallest absolute Gasteiger partial charge is 0.326 e. The molecule has 0 aliphatic carbocycles. The molecule has 0 heterocycles. The molecule has 1 aromatic rings. The van der Waals surface area contributed by atoms with Crippen molar-refractivity contribution in [2.24, 2.45) is 0 Å². The van der Waals surface area contributed by atoms with E-state index in [-0.39, 0.29) is 12.3 Å². The first-order chi connectivity index (χ1) is 10.0. The van der Waals surface area contributed by atoms with Gasteiger partial charge in [-0.2, -0.15) is 0 Å². The van der Waals surface area contributed by atoms with Crippen molar-refractivity contribution in [1.82, 2.24) is 5.32 Å². The topological polar surface area (TPSA) is 66.4 Å². The number of amides is 1. The molecule has 6 heteroatoms. The van der Waals surface area contributed by atoms with Crippen LogP contribution in [-0.2, 0) is 9.59 Å². The van der Waals surface area contributed by atoms with Gasteiger partial charge in [0.2, 0.25) is 5.91 Å². The van der Waals surface area contributed by atoms with E-state index in [0.717, 1.165) is 4.90 Å². The number of carboxylic acids is 1. The Morgan fingerprint density at radius 2 is 2.05 bits per heavy atom. The largest absolute Gasteiger partial charge is 0.480 e. The molecule has 0 bridgehead atoms. The molecule has 0 aliphatic heterocycles. The Morgan fingerprint density at radius 3 is 2.62 bits per heavy atom. The van der Waals surface area contributed by atoms with Crippen molar-refractivity contribution in [2.45, 2.75) is 30.7 Å². The van der Waals surface area contributed by atoms with Gasteiger partial charge in [0.05, 0.1) is 0 Å². The van der Waals surface area contributed by atoms with Crippen LogP contribution < -0.4 is 5.32 Å². The number of benzene rings is 1. The standard InChI is InChI=1S/C15H18ClNO3S/c1-2-3-4-13(15(19)20)17-14(18)9-10-21-12-7-5-11(16)6-8-12/h2-3,5-8,13H,4,9-10H2,1H3,(H,17,18)(H,19,20)/b3-2+. The normalized spacial score (nSPS) is 12.3. The van der Waals surface area contributed by atoms with E-state index in [9.17, 15) is 9.59 Å². The number of aliphatic carboxylic acids is 1. The summed E-state index contributed by atoms with van der Waals surface area (Å²) in [5, 5.41) is 12.2. The van der Waals surface area contributed by atoms with Crippen LogP contribution in [0.25, 0.3) is 0 Å². The van der Waals surface area contributed by atoms with E-state index in [0.29, 0.717) is 17.2 Å². The molecule has 0 aliphatic rings. The Hall–Kier alpha value is -1.46. The number of carbonyl (C=O) groups is 2. The Kier molecular flexibility index (Phi) is 7.93. The first-order valence-corrected chi connectivity index (χ1v) is 7.91. The highest BCUT2D eigenvalue weighted by Gasteiger charge is 2.17. The van der Waals surface area contributed by atoms with Gasteiger partial charge in [-0.25, -0.2) is 4.79 Å². The Labute approximate surface area is 133 Å². The molecular weight excluding hydrogens is 310 g/mol. The van der Waals surface area contributed by atoms with Gasteiger partial charge in [-0.3, -0.25) is 4.79 Å². The molecule has 0 saturated heterocycles. The van der Waals surface area contributed by atoms with Gasteiger partial charge in [0.15, 0.2) is 0 Å². The monoisotopic (exact) mass is 327 g/mol. The highest BCUT2D eigenvalue weighted by atomic mass is 35.5. The van der Waals surface area contributed by atoms with Gasteiger partial charge >= 0.3 is 5.97 Å². The zero-order valence-corrected chi connectivity index (χ0v) is 13.3. The predicted molar refractivity (Wildman–Crippen MR) is 85.8 cm³/mol. The molecule has 0 radical (unpaired) electrons. The number of hydrogen-bond acceptors (Lipinski definition) is 3. The Bertz CT molecular complexity index is 502. The van der Waals surface area contributed by atoms with Gasteiger partial charge in [0, 0.05) is 22.1 Å². The van der Waals surface area contributed by atoms with Crippen molar-refractivity contribution in [3.63, 3.8) is 0 Å². The predicted octanol–water partition coefficient (Wildman–Crippen LogP) is 3.36. The number of nitrogens with one attached hydrogen (secondary N) is 1. The van der Waals surface area contributed by atoms with Gasteiger partial charge in [-0.05, 0) is 37.6 Å². The molecule has 2 N–H and O–H groups in total. The van der Waals surface area contributed by atoms with Crippen LogP contribution >= 0.6 is 23.4 Å². The lowest BCUT2D eigenvalue weighted by Gasteiger charge is -2.12. The minimum absolute atomic E-state index is 0.256. The fraction of sp³-hybridized carbons (Fsp3) is 0.333. The lowest BCUT2D eigenvalue weighted by Crippen LogP contribution is -2.40. The fourth-order valence-electron chi connectivity index (χ4n) is 1.55. The number of carboxylic acid groups (broad SMARTS) is 1. The van der Waals surface area contributed by atoms with Crippen molar-refractivity contribution < 1.29 is 14.7 Å². The van der Waals surface area contributed by atoms with Crippen LogP contribution in [0.2, 0.25) is 5.02 Å². The van der Waals surface area contributed by atoms with Crippen LogP contribution in [-0.4, -0.2) is 28.8 Å². The Balaban J connectivity index is 2.35. The highest BCUT2D eigenvalue weighted by Crippen LogP contribution is 2.20. The van der Waals surface area contributed by atoms with Crippen LogP contribution in [0.3, 0.4) is 0 Å². The summed E-state index contributed by atoms with van der Waals surface area (Å²) in [7, 11) is 0. The fourth-order valence-corrected chi connectivity index (χ4v) is 2.53. The quantitative estimate of drug-likeness (QED) is 0.567. The SMILES string of the molecule is C/C=C/CC(NC(=O)CCSc1ccc(Cl)cc1)C(=O)O. The molecule has 114 valence electrons.